The van der Waals surface area contributed by atoms with Crippen molar-refractivity contribution in [2.75, 3.05) is 5.75 Å². The Bertz CT molecular complexity index is 814. The molecule has 6 heteroatoms. The number of rotatable bonds is 4. The Morgan fingerprint density at radius 3 is 3.00 bits per heavy atom. The topological polar surface area (TPSA) is 68.0 Å². The van der Waals surface area contributed by atoms with E-state index in [9.17, 15) is 4.79 Å². The summed E-state index contributed by atoms with van der Waals surface area (Å²) >= 11 is 1.19. The molecule has 1 N–H and O–H groups in total. The molecule has 3 rings (SSSR count). The van der Waals surface area contributed by atoms with E-state index in [1.807, 2.05) is 48.0 Å². The van der Waals surface area contributed by atoms with Crippen LogP contribution in [-0.4, -0.2) is 31.4 Å². The number of imidazole rings is 1. The summed E-state index contributed by atoms with van der Waals surface area (Å²) in [6.07, 6.45) is 3.49. The van der Waals surface area contributed by atoms with Crippen LogP contribution in [0.25, 0.3) is 16.6 Å². The van der Waals surface area contributed by atoms with Gasteiger partial charge in [0.05, 0.1) is 17.0 Å². The van der Waals surface area contributed by atoms with E-state index in [4.69, 9.17) is 5.11 Å². The number of nitrogens with zero attached hydrogens (tertiary/aromatic N) is 3. The minimum Gasteiger partial charge on any atom is -0.481 e. The third-order valence-electron chi connectivity index (χ3n) is 3.03. The van der Waals surface area contributed by atoms with Crippen molar-refractivity contribution in [2.24, 2.45) is 0 Å². The molecule has 21 heavy (non-hydrogen) atoms. The number of thioether (sulfide) groups is 1. The van der Waals surface area contributed by atoms with Gasteiger partial charge in [-0.05, 0) is 19.1 Å². The second-order valence-electron chi connectivity index (χ2n) is 4.56. The number of hydrogen-bond acceptors (Lipinski definition) is 4. The van der Waals surface area contributed by atoms with Gasteiger partial charge in [0.1, 0.15) is 0 Å². The van der Waals surface area contributed by atoms with E-state index < -0.39 is 5.97 Å². The molecule has 0 radical (unpaired) electrons. The minimum absolute atomic E-state index is 0.0196. The molecule has 0 unspecified atom stereocenters. The first-order chi connectivity index (χ1) is 10.1. The Labute approximate surface area is 125 Å². The Morgan fingerprint density at radius 1 is 1.33 bits per heavy atom. The van der Waals surface area contributed by atoms with Crippen LogP contribution in [0.4, 0.5) is 0 Å². The lowest BCUT2D eigenvalue weighted by Gasteiger charge is -2.10. The third-order valence-corrected chi connectivity index (χ3v) is 3.98. The number of carbonyl (C=O) groups is 1. The number of para-hydroxylation sites is 1. The summed E-state index contributed by atoms with van der Waals surface area (Å²) in [4.78, 5) is 19.6. The van der Waals surface area contributed by atoms with E-state index >= 15 is 0 Å². The number of carboxylic acid groups (broad SMARTS) is 1. The van der Waals surface area contributed by atoms with Crippen molar-refractivity contribution in [3.8, 4) is 5.69 Å². The van der Waals surface area contributed by atoms with Gasteiger partial charge in [-0.25, -0.2) is 4.98 Å². The molecule has 0 aliphatic heterocycles. The van der Waals surface area contributed by atoms with Gasteiger partial charge in [0.15, 0.2) is 5.16 Å². The summed E-state index contributed by atoms with van der Waals surface area (Å²) in [7, 11) is 0. The van der Waals surface area contributed by atoms with Gasteiger partial charge < -0.3 is 5.11 Å². The van der Waals surface area contributed by atoms with Crippen molar-refractivity contribution in [1.82, 2.24) is 14.5 Å². The molecule has 2 aromatic heterocycles. The van der Waals surface area contributed by atoms with Gasteiger partial charge in [-0.2, -0.15) is 0 Å². The number of aryl methyl sites for hydroxylation is 1. The molecular weight excluding hydrogens is 286 g/mol. The van der Waals surface area contributed by atoms with E-state index in [1.165, 1.54) is 11.8 Å². The monoisotopic (exact) mass is 299 g/mol. The quantitative estimate of drug-likeness (QED) is 0.750. The summed E-state index contributed by atoms with van der Waals surface area (Å²) in [5, 5.41) is 10.5. The van der Waals surface area contributed by atoms with Crippen LogP contribution in [0, 0.1) is 6.92 Å². The lowest BCUT2D eigenvalue weighted by atomic mass is 10.2. The minimum atomic E-state index is -0.860. The summed E-state index contributed by atoms with van der Waals surface area (Å²) in [6, 6.07) is 9.93. The highest BCUT2D eigenvalue weighted by molar-refractivity contribution is 7.99. The molecule has 0 aliphatic rings. The summed E-state index contributed by atoms with van der Waals surface area (Å²) in [6.45, 7) is 1.95. The summed E-state index contributed by atoms with van der Waals surface area (Å²) < 4.78 is 1.88. The highest BCUT2D eigenvalue weighted by Crippen LogP contribution is 2.25. The van der Waals surface area contributed by atoms with Gasteiger partial charge in [0.2, 0.25) is 0 Å². The molecule has 2 heterocycles. The van der Waals surface area contributed by atoms with E-state index in [2.05, 4.69) is 9.97 Å². The molecule has 0 spiro atoms. The maximum Gasteiger partial charge on any atom is 0.313 e. The molecule has 3 aromatic rings. The van der Waals surface area contributed by atoms with Crippen LogP contribution < -0.4 is 0 Å². The van der Waals surface area contributed by atoms with Crippen LogP contribution >= 0.6 is 11.8 Å². The van der Waals surface area contributed by atoms with E-state index in [1.54, 1.807) is 6.20 Å². The van der Waals surface area contributed by atoms with Crippen molar-refractivity contribution in [1.29, 1.82) is 0 Å². The molecule has 0 bridgehead atoms. The Morgan fingerprint density at radius 2 is 2.19 bits per heavy atom. The Balaban J connectivity index is 2.11. The largest absolute Gasteiger partial charge is 0.481 e. The first-order valence-electron chi connectivity index (χ1n) is 6.40. The van der Waals surface area contributed by atoms with E-state index in [0.717, 1.165) is 22.3 Å². The maximum atomic E-state index is 10.7. The molecule has 0 atom stereocenters. The summed E-state index contributed by atoms with van der Waals surface area (Å²) in [5.74, 6) is -0.879. The molecule has 5 nitrogen and oxygen atoms in total. The number of benzene rings is 1. The fraction of sp³-hybridized carbons (Fsp3) is 0.133. The van der Waals surface area contributed by atoms with Gasteiger partial charge >= 0.3 is 5.97 Å². The van der Waals surface area contributed by atoms with E-state index in [0.29, 0.717) is 5.16 Å². The second-order valence-corrected chi connectivity index (χ2v) is 5.51. The van der Waals surface area contributed by atoms with Gasteiger partial charge in [0.25, 0.3) is 0 Å². The Hall–Kier alpha value is -2.34. The predicted octanol–water partition coefficient (Wildman–Crippen LogP) is 2.91. The van der Waals surface area contributed by atoms with Gasteiger partial charge in [0, 0.05) is 23.5 Å². The molecule has 106 valence electrons. The van der Waals surface area contributed by atoms with Crippen LogP contribution in [0.1, 0.15) is 5.69 Å². The zero-order valence-electron chi connectivity index (χ0n) is 11.4. The Kier molecular flexibility index (Phi) is 3.62. The fourth-order valence-electron chi connectivity index (χ4n) is 2.13. The third kappa shape index (κ3) is 2.75. The molecule has 0 amide bonds. The first-order valence-corrected chi connectivity index (χ1v) is 7.38. The maximum absolute atomic E-state index is 10.7. The van der Waals surface area contributed by atoms with Crippen molar-refractivity contribution in [3.63, 3.8) is 0 Å². The average molecular weight is 299 g/mol. The van der Waals surface area contributed by atoms with Crippen LogP contribution in [0.5, 0.6) is 0 Å². The van der Waals surface area contributed by atoms with Crippen molar-refractivity contribution >= 4 is 28.6 Å². The predicted molar refractivity (Wildman–Crippen MR) is 82.0 cm³/mol. The summed E-state index contributed by atoms with van der Waals surface area (Å²) in [5.41, 5.74) is 2.73. The number of pyridine rings is 1. The molecule has 0 saturated heterocycles. The number of carboxylic acids is 1. The van der Waals surface area contributed by atoms with Gasteiger partial charge in [-0.15, -0.1) is 0 Å². The van der Waals surface area contributed by atoms with Crippen molar-refractivity contribution in [3.05, 3.63) is 48.4 Å². The lowest BCUT2D eigenvalue weighted by Crippen LogP contribution is -2.02. The second kappa shape index (κ2) is 5.57. The highest BCUT2D eigenvalue weighted by atomic mass is 32.2. The average Bonchev–Trinajstić information content (AvgIpc) is 2.92. The van der Waals surface area contributed by atoms with E-state index in [-0.39, 0.29) is 5.75 Å². The zero-order valence-corrected chi connectivity index (χ0v) is 12.2. The molecule has 0 aliphatic carbocycles. The highest BCUT2D eigenvalue weighted by Gasteiger charge is 2.11. The van der Waals surface area contributed by atoms with Gasteiger partial charge in [-0.1, -0.05) is 30.0 Å². The molecule has 1 aromatic carbocycles. The van der Waals surface area contributed by atoms with Crippen LogP contribution in [0.2, 0.25) is 0 Å². The van der Waals surface area contributed by atoms with Crippen molar-refractivity contribution < 1.29 is 9.90 Å². The SMILES string of the molecule is Cc1ccc2cccc(-n3ccnc3SCC(=O)O)c2n1. The smallest absolute Gasteiger partial charge is 0.313 e. The van der Waals surface area contributed by atoms with Gasteiger partial charge in [-0.3, -0.25) is 14.3 Å². The normalized spacial score (nSPS) is 10.9. The number of hydrogen-bond donors (Lipinski definition) is 1. The van der Waals surface area contributed by atoms with Crippen LogP contribution in [-0.2, 0) is 4.79 Å². The zero-order chi connectivity index (χ0) is 14.8. The molecule has 0 saturated carbocycles. The number of aromatic nitrogens is 3. The van der Waals surface area contributed by atoms with Crippen LogP contribution in [0.3, 0.4) is 0 Å². The number of fused-ring (bicyclic) bond motifs is 1. The fourth-order valence-corrected chi connectivity index (χ4v) is 2.82. The van der Waals surface area contributed by atoms with Crippen molar-refractivity contribution in [2.45, 2.75) is 12.1 Å². The lowest BCUT2D eigenvalue weighted by molar-refractivity contribution is -0.133. The van der Waals surface area contributed by atoms with Crippen LogP contribution in [0.15, 0.2) is 47.9 Å². The first kappa shape index (κ1) is 13.6. The number of aliphatic carboxylic acids is 1. The molecule has 0 fully saturated rings. The standard InChI is InChI=1S/C15H13N3O2S/c1-10-5-6-11-3-2-4-12(14(11)17-10)18-8-7-16-15(18)21-9-13(19)20/h2-8H,9H2,1H3,(H,19,20). The molecular formula is C15H13N3O2S.